The van der Waals surface area contributed by atoms with Crippen molar-refractivity contribution >= 4 is 12.1 Å². The van der Waals surface area contributed by atoms with Crippen LogP contribution < -0.4 is 0 Å². The second kappa shape index (κ2) is 9.08. The maximum atomic E-state index is 12.9. The third-order valence-corrected chi connectivity index (χ3v) is 6.47. The number of carboxylic acid groups (broad SMARTS) is 1. The molecule has 6 heteroatoms. The summed E-state index contributed by atoms with van der Waals surface area (Å²) in [5.41, 5.74) is 5.49. The summed E-state index contributed by atoms with van der Waals surface area (Å²) in [5, 5.41) is 9.81. The lowest BCUT2D eigenvalue weighted by Crippen LogP contribution is -2.46. The molecule has 0 bridgehead atoms. The van der Waals surface area contributed by atoms with Crippen LogP contribution in [-0.4, -0.2) is 47.4 Å². The standard InChI is InChI=1S/C27H25NO5/c29-26(30)25-24(32-16-18-8-2-1-3-9-18)14-15-28(25)27(31)33-17-23-21-12-6-4-10-19(21)20-11-5-7-13-22(20)23/h1-13,23-25H,14-17H2,(H,29,30)/t24?,25-/m0/s1. The number of aliphatic carboxylic acids is 1. The number of carboxylic acids is 1. The van der Waals surface area contributed by atoms with E-state index in [0.29, 0.717) is 13.0 Å². The fraction of sp³-hybridized carbons (Fsp3) is 0.259. The smallest absolute Gasteiger partial charge is 0.410 e. The Hall–Kier alpha value is -3.64. The van der Waals surface area contributed by atoms with E-state index in [4.69, 9.17) is 9.47 Å². The van der Waals surface area contributed by atoms with Gasteiger partial charge >= 0.3 is 12.1 Å². The molecule has 0 radical (unpaired) electrons. The first-order valence-electron chi connectivity index (χ1n) is 11.1. The maximum absolute atomic E-state index is 12.9. The van der Waals surface area contributed by atoms with Crippen molar-refractivity contribution in [3.63, 3.8) is 0 Å². The van der Waals surface area contributed by atoms with Crippen molar-refractivity contribution in [2.45, 2.75) is 31.1 Å². The fourth-order valence-electron chi connectivity index (χ4n) is 4.89. The van der Waals surface area contributed by atoms with Crippen LogP contribution in [0.5, 0.6) is 0 Å². The van der Waals surface area contributed by atoms with Gasteiger partial charge in [-0.05, 0) is 34.2 Å². The van der Waals surface area contributed by atoms with Crippen LogP contribution in [0.2, 0.25) is 0 Å². The van der Waals surface area contributed by atoms with Gasteiger partial charge in [-0.2, -0.15) is 0 Å². The molecule has 1 fully saturated rings. The molecule has 33 heavy (non-hydrogen) atoms. The average molecular weight is 443 g/mol. The van der Waals surface area contributed by atoms with E-state index in [2.05, 4.69) is 24.3 Å². The Morgan fingerprint density at radius 1 is 0.879 bits per heavy atom. The highest BCUT2D eigenvalue weighted by molar-refractivity contribution is 5.82. The number of hydrogen-bond acceptors (Lipinski definition) is 4. The van der Waals surface area contributed by atoms with Crippen LogP contribution in [0, 0.1) is 0 Å². The number of carbonyl (C=O) groups is 2. The Kier molecular flexibility index (Phi) is 5.84. The van der Waals surface area contributed by atoms with Crippen LogP contribution in [0.25, 0.3) is 11.1 Å². The lowest BCUT2D eigenvalue weighted by atomic mass is 9.98. The van der Waals surface area contributed by atoms with Crippen molar-refractivity contribution in [3.05, 3.63) is 95.6 Å². The summed E-state index contributed by atoms with van der Waals surface area (Å²) in [5.74, 6) is -1.16. The molecule has 0 spiro atoms. The Morgan fingerprint density at radius 2 is 1.48 bits per heavy atom. The first-order chi connectivity index (χ1) is 16.1. The minimum absolute atomic E-state index is 0.0719. The van der Waals surface area contributed by atoms with Crippen LogP contribution in [0.3, 0.4) is 0 Å². The Bertz CT molecular complexity index is 1120. The summed E-state index contributed by atoms with van der Waals surface area (Å²) in [6, 6.07) is 24.7. The van der Waals surface area contributed by atoms with Gasteiger partial charge in [0.05, 0.1) is 12.7 Å². The van der Waals surface area contributed by atoms with E-state index in [9.17, 15) is 14.7 Å². The molecule has 1 heterocycles. The molecule has 5 rings (SSSR count). The van der Waals surface area contributed by atoms with Gasteiger partial charge in [-0.1, -0.05) is 78.9 Å². The van der Waals surface area contributed by atoms with Gasteiger partial charge in [0.2, 0.25) is 0 Å². The zero-order chi connectivity index (χ0) is 22.8. The number of benzene rings is 3. The summed E-state index contributed by atoms with van der Waals surface area (Å²) < 4.78 is 11.6. The third kappa shape index (κ3) is 4.10. The number of amides is 1. The maximum Gasteiger partial charge on any atom is 0.410 e. The molecule has 2 atom stereocenters. The van der Waals surface area contributed by atoms with E-state index in [0.717, 1.165) is 27.8 Å². The number of nitrogens with zero attached hydrogens (tertiary/aromatic N) is 1. The molecule has 6 nitrogen and oxygen atoms in total. The summed E-state index contributed by atoms with van der Waals surface area (Å²) in [4.78, 5) is 26.2. The lowest BCUT2D eigenvalue weighted by Gasteiger charge is -2.25. The molecular weight excluding hydrogens is 418 g/mol. The number of likely N-dealkylation sites (tertiary alicyclic amines) is 1. The lowest BCUT2D eigenvalue weighted by molar-refractivity contribution is -0.146. The minimum Gasteiger partial charge on any atom is -0.480 e. The topological polar surface area (TPSA) is 76.1 Å². The minimum atomic E-state index is -1.08. The van der Waals surface area contributed by atoms with Gasteiger partial charge in [0.15, 0.2) is 6.04 Å². The van der Waals surface area contributed by atoms with Crippen LogP contribution in [0.1, 0.15) is 29.0 Å². The van der Waals surface area contributed by atoms with E-state index in [1.54, 1.807) is 0 Å². The van der Waals surface area contributed by atoms with E-state index in [1.165, 1.54) is 4.90 Å². The molecule has 1 amide bonds. The first-order valence-corrected chi connectivity index (χ1v) is 11.1. The highest BCUT2D eigenvalue weighted by Gasteiger charge is 2.44. The number of ether oxygens (including phenoxy) is 2. The highest BCUT2D eigenvalue weighted by Crippen LogP contribution is 2.44. The number of hydrogen-bond donors (Lipinski definition) is 1. The molecule has 0 saturated carbocycles. The van der Waals surface area contributed by atoms with Crippen molar-refractivity contribution in [3.8, 4) is 11.1 Å². The van der Waals surface area contributed by atoms with Gasteiger partial charge in [-0.15, -0.1) is 0 Å². The molecule has 3 aromatic carbocycles. The number of rotatable bonds is 6. The second-order valence-corrected chi connectivity index (χ2v) is 8.40. The van der Waals surface area contributed by atoms with Crippen LogP contribution in [-0.2, 0) is 20.9 Å². The quantitative estimate of drug-likeness (QED) is 0.599. The van der Waals surface area contributed by atoms with Crippen molar-refractivity contribution in [1.82, 2.24) is 4.90 Å². The van der Waals surface area contributed by atoms with Crippen LogP contribution in [0.4, 0.5) is 4.79 Å². The molecule has 1 saturated heterocycles. The van der Waals surface area contributed by atoms with Crippen LogP contribution in [0.15, 0.2) is 78.9 Å². The SMILES string of the molecule is O=C(O)[C@@H]1C(OCc2ccccc2)CCN1C(=O)OCC1c2ccccc2-c2ccccc21. The van der Waals surface area contributed by atoms with Gasteiger partial charge < -0.3 is 14.6 Å². The summed E-state index contributed by atoms with van der Waals surface area (Å²) in [6.07, 6.45) is -0.744. The Balaban J connectivity index is 1.26. The molecule has 0 aromatic heterocycles. The second-order valence-electron chi connectivity index (χ2n) is 8.40. The molecular formula is C27H25NO5. The number of fused-ring (bicyclic) bond motifs is 3. The van der Waals surface area contributed by atoms with Crippen molar-refractivity contribution in [2.24, 2.45) is 0 Å². The summed E-state index contributed by atoms with van der Waals surface area (Å²) in [6.45, 7) is 0.742. The molecule has 1 aliphatic heterocycles. The largest absolute Gasteiger partial charge is 0.480 e. The van der Waals surface area contributed by atoms with Crippen LogP contribution >= 0.6 is 0 Å². The zero-order valence-corrected chi connectivity index (χ0v) is 18.1. The predicted octanol–water partition coefficient (Wildman–Crippen LogP) is 4.68. The normalized spacial score (nSPS) is 19.2. The van der Waals surface area contributed by atoms with Crippen molar-refractivity contribution in [1.29, 1.82) is 0 Å². The van der Waals surface area contributed by atoms with Gasteiger partial charge in [-0.3, -0.25) is 4.90 Å². The molecule has 168 valence electrons. The molecule has 3 aromatic rings. The predicted molar refractivity (Wildman–Crippen MR) is 123 cm³/mol. The van der Waals surface area contributed by atoms with E-state index < -0.39 is 24.2 Å². The summed E-state index contributed by atoms with van der Waals surface area (Å²) >= 11 is 0. The third-order valence-electron chi connectivity index (χ3n) is 6.47. The first kappa shape index (κ1) is 21.2. The van der Waals surface area contributed by atoms with Gasteiger partial charge in [0.25, 0.3) is 0 Å². The zero-order valence-electron chi connectivity index (χ0n) is 18.1. The van der Waals surface area contributed by atoms with Gasteiger partial charge in [0, 0.05) is 12.5 Å². The van der Waals surface area contributed by atoms with Gasteiger partial charge in [-0.25, -0.2) is 9.59 Å². The van der Waals surface area contributed by atoms with E-state index >= 15 is 0 Å². The Morgan fingerprint density at radius 3 is 2.12 bits per heavy atom. The van der Waals surface area contributed by atoms with E-state index in [1.807, 2.05) is 54.6 Å². The monoisotopic (exact) mass is 443 g/mol. The number of carbonyl (C=O) groups excluding carboxylic acids is 1. The molecule has 2 aliphatic rings. The molecule has 1 N–H and O–H groups in total. The van der Waals surface area contributed by atoms with Gasteiger partial charge in [0.1, 0.15) is 6.61 Å². The van der Waals surface area contributed by atoms with Crippen molar-refractivity contribution in [2.75, 3.05) is 13.2 Å². The molecule has 1 aliphatic carbocycles. The average Bonchev–Trinajstić information content (AvgIpc) is 3.42. The molecule has 1 unspecified atom stereocenters. The van der Waals surface area contributed by atoms with E-state index in [-0.39, 0.29) is 19.1 Å². The van der Waals surface area contributed by atoms with Crippen molar-refractivity contribution < 1.29 is 24.2 Å². The highest BCUT2D eigenvalue weighted by atomic mass is 16.6. The summed E-state index contributed by atoms with van der Waals surface area (Å²) in [7, 11) is 0. The Labute approximate surface area is 192 Å². The fourth-order valence-corrected chi connectivity index (χ4v) is 4.89.